The third-order valence-corrected chi connectivity index (χ3v) is 3.45. The van der Waals surface area contributed by atoms with Gasteiger partial charge in [0.1, 0.15) is 0 Å². The van der Waals surface area contributed by atoms with E-state index in [1.807, 2.05) is 0 Å². The van der Waals surface area contributed by atoms with Gasteiger partial charge >= 0.3 is 0 Å². The molecule has 0 saturated heterocycles. The number of rotatable bonds is 0. The van der Waals surface area contributed by atoms with Crippen molar-refractivity contribution < 1.29 is 10.2 Å². The number of hydrogen-bond acceptors (Lipinski definition) is 3. The van der Waals surface area contributed by atoms with Crippen LogP contribution in [0.5, 0.6) is 11.5 Å². The van der Waals surface area contributed by atoms with Crippen molar-refractivity contribution in [3.63, 3.8) is 0 Å². The number of aromatic hydroxyl groups is 2. The molecule has 0 unspecified atom stereocenters. The van der Waals surface area contributed by atoms with Gasteiger partial charge in [-0.3, -0.25) is 0 Å². The fraction of sp³-hybridized carbons (Fsp3) is 0.400. The molecule has 1 aromatic carbocycles. The fourth-order valence-corrected chi connectivity index (χ4v) is 2.43. The lowest BCUT2D eigenvalue weighted by Gasteiger charge is -2.13. The Kier molecular flexibility index (Phi) is 2.96. The van der Waals surface area contributed by atoms with Crippen molar-refractivity contribution in [2.45, 2.75) is 12.8 Å². The molecule has 1 heterocycles. The van der Waals surface area contributed by atoms with E-state index in [4.69, 9.17) is 23.2 Å². The lowest BCUT2D eigenvalue weighted by Crippen LogP contribution is -2.16. The maximum absolute atomic E-state index is 9.55. The minimum absolute atomic E-state index is 0.218. The van der Waals surface area contributed by atoms with E-state index < -0.39 is 0 Å². The van der Waals surface area contributed by atoms with Gasteiger partial charge in [0.2, 0.25) is 0 Å². The maximum Gasteiger partial charge on any atom is 0.178 e. The van der Waals surface area contributed by atoms with Gasteiger partial charge in [-0.25, -0.2) is 0 Å². The molecular formula is C10H11Cl2NO2. The number of halogens is 2. The third kappa shape index (κ3) is 1.75. The Morgan fingerprint density at radius 3 is 1.67 bits per heavy atom. The quantitative estimate of drug-likeness (QED) is 0.616. The van der Waals surface area contributed by atoms with Crippen LogP contribution in [0.3, 0.4) is 0 Å². The number of fused-ring (bicyclic) bond motifs is 1. The first kappa shape index (κ1) is 10.9. The van der Waals surface area contributed by atoms with Crippen LogP contribution in [-0.2, 0) is 12.8 Å². The molecule has 15 heavy (non-hydrogen) atoms. The number of phenols is 2. The second-order valence-electron chi connectivity index (χ2n) is 3.53. The largest absolute Gasteiger partial charge is 0.503 e. The van der Waals surface area contributed by atoms with E-state index in [1.165, 1.54) is 0 Å². The van der Waals surface area contributed by atoms with Crippen molar-refractivity contribution in [3.8, 4) is 11.5 Å². The van der Waals surface area contributed by atoms with Crippen LogP contribution in [0.15, 0.2) is 0 Å². The lowest BCUT2D eigenvalue weighted by molar-refractivity contribution is 0.403. The normalized spacial score (nSPS) is 15.9. The smallest absolute Gasteiger partial charge is 0.178 e. The summed E-state index contributed by atoms with van der Waals surface area (Å²) in [6.07, 6.45) is 1.42. The molecule has 0 aliphatic carbocycles. The number of phenolic OH excluding ortho intramolecular Hbond substituents is 2. The van der Waals surface area contributed by atoms with Gasteiger partial charge in [0.15, 0.2) is 11.5 Å². The molecule has 0 radical (unpaired) electrons. The highest BCUT2D eigenvalue weighted by molar-refractivity contribution is 6.36. The topological polar surface area (TPSA) is 52.5 Å². The molecule has 0 bridgehead atoms. The molecule has 3 N–H and O–H groups in total. The van der Waals surface area contributed by atoms with Gasteiger partial charge in [-0.05, 0) is 37.1 Å². The van der Waals surface area contributed by atoms with Crippen LogP contribution in [0.4, 0.5) is 0 Å². The number of nitrogens with one attached hydrogen (secondary N) is 1. The predicted octanol–water partition coefficient (Wildman–Crippen LogP) is 2.09. The monoisotopic (exact) mass is 247 g/mol. The van der Waals surface area contributed by atoms with Crippen LogP contribution < -0.4 is 5.32 Å². The van der Waals surface area contributed by atoms with Gasteiger partial charge in [-0.1, -0.05) is 23.2 Å². The summed E-state index contributed by atoms with van der Waals surface area (Å²) in [7, 11) is 0. The van der Waals surface area contributed by atoms with Crippen molar-refractivity contribution in [2.75, 3.05) is 13.1 Å². The Hall–Kier alpha value is -0.640. The Morgan fingerprint density at radius 2 is 1.27 bits per heavy atom. The first-order valence-corrected chi connectivity index (χ1v) is 5.50. The SMILES string of the molecule is Oc1c(O)c(Cl)c2c(c1Cl)CCNCC2. The Bertz CT molecular complexity index is 370. The lowest BCUT2D eigenvalue weighted by atomic mass is 10.0. The molecule has 3 nitrogen and oxygen atoms in total. The summed E-state index contributed by atoms with van der Waals surface area (Å²) in [5, 5.41) is 22.7. The number of hydrogen-bond donors (Lipinski definition) is 3. The van der Waals surface area contributed by atoms with E-state index in [-0.39, 0.29) is 21.5 Å². The molecule has 0 saturated carbocycles. The van der Waals surface area contributed by atoms with Gasteiger partial charge in [0, 0.05) is 0 Å². The molecule has 0 fully saturated rings. The second kappa shape index (κ2) is 4.08. The summed E-state index contributed by atoms with van der Waals surface area (Å²) in [6, 6.07) is 0. The third-order valence-electron chi connectivity index (χ3n) is 2.64. The van der Waals surface area contributed by atoms with Crippen LogP contribution in [0.1, 0.15) is 11.1 Å². The van der Waals surface area contributed by atoms with Gasteiger partial charge in [0.05, 0.1) is 10.0 Å². The Labute approximate surface area is 97.6 Å². The summed E-state index contributed by atoms with van der Waals surface area (Å²) in [4.78, 5) is 0. The van der Waals surface area contributed by atoms with E-state index >= 15 is 0 Å². The molecule has 1 aliphatic heterocycles. The average Bonchev–Trinajstić information content (AvgIpc) is 2.48. The molecule has 2 rings (SSSR count). The zero-order chi connectivity index (χ0) is 11.0. The van der Waals surface area contributed by atoms with E-state index in [0.29, 0.717) is 12.8 Å². The van der Waals surface area contributed by atoms with Crippen LogP contribution >= 0.6 is 23.2 Å². The van der Waals surface area contributed by atoms with Gasteiger partial charge in [0.25, 0.3) is 0 Å². The first-order chi connectivity index (χ1) is 7.13. The molecule has 0 spiro atoms. The molecule has 0 aromatic heterocycles. The molecule has 5 heteroatoms. The zero-order valence-corrected chi connectivity index (χ0v) is 9.49. The highest BCUT2D eigenvalue weighted by atomic mass is 35.5. The molecule has 82 valence electrons. The summed E-state index contributed by atoms with van der Waals surface area (Å²) >= 11 is 11.9. The van der Waals surface area contributed by atoms with E-state index in [1.54, 1.807) is 0 Å². The van der Waals surface area contributed by atoms with Gasteiger partial charge in [-0.2, -0.15) is 0 Å². The van der Waals surface area contributed by atoms with Crippen LogP contribution in [-0.4, -0.2) is 23.3 Å². The average molecular weight is 248 g/mol. The minimum atomic E-state index is -0.317. The molecule has 0 amide bonds. The van der Waals surface area contributed by atoms with Crippen LogP contribution in [0, 0.1) is 0 Å². The Balaban J connectivity index is 2.66. The maximum atomic E-state index is 9.55. The van der Waals surface area contributed by atoms with E-state index in [9.17, 15) is 10.2 Å². The van der Waals surface area contributed by atoms with Gasteiger partial charge in [-0.15, -0.1) is 0 Å². The highest BCUT2D eigenvalue weighted by Gasteiger charge is 2.22. The van der Waals surface area contributed by atoms with E-state index in [0.717, 1.165) is 24.2 Å². The molecule has 0 atom stereocenters. The van der Waals surface area contributed by atoms with Crippen molar-refractivity contribution in [1.29, 1.82) is 0 Å². The van der Waals surface area contributed by atoms with Crippen molar-refractivity contribution in [2.24, 2.45) is 0 Å². The van der Waals surface area contributed by atoms with Crippen LogP contribution in [0.2, 0.25) is 10.0 Å². The predicted molar refractivity (Wildman–Crippen MR) is 60.1 cm³/mol. The first-order valence-electron chi connectivity index (χ1n) is 4.74. The minimum Gasteiger partial charge on any atom is -0.503 e. The standard InChI is InChI=1S/C10H11Cl2NO2/c11-7-5-1-3-13-4-2-6(5)8(12)10(15)9(7)14/h13-15H,1-4H2. The highest BCUT2D eigenvalue weighted by Crippen LogP contribution is 2.44. The van der Waals surface area contributed by atoms with E-state index in [2.05, 4.69) is 5.32 Å². The Morgan fingerprint density at radius 1 is 0.867 bits per heavy atom. The summed E-state index contributed by atoms with van der Waals surface area (Å²) in [5.74, 6) is -0.635. The number of benzene rings is 1. The van der Waals surface area contributed by atoms with Crippen molar-refractivity contribution in [1.82, 2.24) is 5.32 Å². The van der Waals surface area contributed by atoms with Crippen molar-refractivity contribution >= 4 is 23.2 Å². The summed E-state index contributed by atoms with van der Waals surface area (Å²) in [5.41, 5.74) is 1.67. The molecule has 1 aromatic rings. The van der Waals surface area contributed by atoms with Gasteiger partial charge < -0.3 is 15.5 Å². The van der Waals surface area contributed by atoms with Crippen LogP contribution in [0.25, 0.3) is 0 Å². The zero-order valence-electron chi connectivity index (χ0n) is 7.98. The second-order valence-corrected chi connectivity index (χ2v) is 4.29. The summed E-state index contributed by atoms with van der Waals surface area (Å²) in [6.45, 7) is 1.60. The molecule has 1 aliphatic rings. The summed E-state index contributed by atoms with van der Waals surface area (Å²) < 4.78 is 0. The fourth-order valence-electron chi connectivity index (χ4n) is 1.83. The van der Waals surface area contributed by atoms with Crippen molar-refractivity contribution in [3.05, 3.63) is 21.2 Å². The molecular weight excluding hydrogens is 237 g/mol.